The highest BCUT2D eigenvalue weighted by Crippen LogP contribution is 2.29. The minimum Gasteiger partial charge on any atom is -0.489 e. The van der Waals surface area contributed by atoms with Crippen molar-refractivity contribution in [2.24, 2.45) is 0 Å². The van der Waals surface area contributed by atoms with Crippen molar-refractivity contribution in [3.05, 3.63) is 76.0 Å². The van der Waals surface area contributed by atoms with Gasteiger partial charge in [-0.2, -0.15) is 0 Å². The van der Waals surface area contributed by atoms with Gasteiger partial charge in [0.05, 0.1) is 5.02 Å². The molecule has 5 rings (SSSR count). The van der Waals surface area contributed by atoms with Crippen molar-refractivity contribution >= 4 is 17.5 Å². The zero-order chi connectivity index (χ0) is 25.1. The fraction of sp³-hybridized carbons (Fsp3) is 0.414. The molecule has 0 bridgehead atoms. The number of nitrogens with one attached hydrogen (secondary N) is 1. The summed E-state index contributed by atoms with van der Waals surface area (Å²) in [5, 5.41) is 4.02. The third-order valence-electron chi connectivity index (χ3n) is 7.33. The summed E-state index contributed by atoms with van der Waals surface area (Å²) in [5.41, 5.74) is 4.56. The van der Waals surface area contributed by atoms with Crippen LogP contribution in [0, 0.1) is 13.8 Å². The smallest absolute Gasteiger partial charge is 0.289 e. The molecule has 7 heteroatoms. The van der Waals surface area contributed by atoms with E-state index in [1.54, 1.807) is 6.07 Å². The Morgan fingerprint density at radius 2 is 1.83 bits per heavy atom. The first kappa shape index (κ1) is 24.9. The predicted molar refractivity (Wildman–Crippen MR) is 143 cm³/mol. The van der Waals surface area contributed by atoms with Crippen LogP contribution in [0.25, 0.3) is 11.3 Å². The van der Waals surface area contributed by atoms with Crippen LogP contribution in [-0.4, -0.2) is 61.1 Å². The first-order valence-electron chi connectivity index (χ1n) is 12.8. The van der Waals surface area contributed by atoms with Gasteiger partial charge >= 0.3 is 0 Å². The molecule has 190 valence electrons. The molecular weight excluding hydrogens is 474 g/mol. The van der Waals surface area contributed by atoms with Gasteiger partial charge in [-0.25, -0.2) is 0 Å². The highest BCUT2D eigenvalue weighted by molar-refractivity contribution is 6.32. The molecule has 1 N–H and O–H groups in total. The van der Waals surface area contributed by atoms with E-state index in [-0.39, 0.29) is 12.0 Å². The third-order valence-corrected chi connectivity index (χ3v) is 7.62. The van der Waals surface area contributed by atoms with Crippen LogP contribution in [0.3, 0.4) is 0 Å². The molecule has 2 aliphatic heterocycles. The maximum atomic E-state index is 13.1. The number of benzene rings is 2. The predicted octanol–water partition coefficient (Wildman–Crippen LogP) is 5.31. The van der Waals surface area contributed by atoms with Crippen molar-refractivity contribution < 1.29 is 13.9 Å². The standard InChI is InChI=1S/C29H34ClN3O3/c1-20-4-3-5-24(21(20)2)26-8-9-28(36-26)29(34)33-16-14-32(15-17-33)19-22-6-7-27(25(30)18-22)35-23-10-12-31-13-11-23/h3-9,18,23,31H,10-17,19H2,1-2H3. The molecule has 6 nitrogen and oxygen atoms in total. The lowest BCUT2D eigenvalue weighted by molar-refractivity contribution is 0.0598. The van der Waals surface area contributed by atoms with Crippen LogP contribution in [0.4, 0.5) is 0 Å². The summed E-state index contributed by atoms with van der Waals surface area (Å²) < 4.78 is 12.1. The van der Waals surface area contributed by atoms with Gasteiger partial charge in [-0.15, -0.1) is 0 Å². The summed E-state index contributed by atoms with van der Waals surface area (Å²) in [6.07, 6.45) is 2.24. The van der Waals surface area contributed by atoms with Crippen molar-refractivity contribution in [2.75, 3.05) is 39.3 Å². The number of aryl methyl sites for hydroxylation is 1. The number of halogens is 1. The van der Waals surface area contributed by atoms with Gasteiger partial charge in [-0.3, -0.25) is 9.69 Å². The van der Waals surface area contributed by atoms with E-state index in [9.17, 15) is 4.79 Å². The van der Waals surface area contributed by atoms with Crippen LogP contribution in [0.2, 0.25) is 5.02 Å². The normalized spacial score (nSPS) is 17.4. The number of nitrogens with zero attached hydrogens (tertiary/aromatic N) is 2. The minimum absolute atomic E-state index is 0.0475. The van der Waals surface area contributed by atoms with Crippen molar-refractivity contribution in [3.63, 3.8) is 0 Å². The molecule has 0 radical (unpaired) electrons. The van der Waals surface area contributed by atoms with Crippen LogP contribution in [0.5, 0.6) is 5.75 Å². The van der Waals surface area contributed by atoms with E-state index in [0.29, 0.717) is 23.9 Å². The maximum absolute atomic E-state index is 13.1. The quantitative estimate of drug-likeness (QED) is 0.490. The number of furan rings is 1. The minimum atomic E-state index is -0.0475. The SMILES string of the molecule is Cc1cccc(-c2ccc(C(=O)N3CCN(Cc4ccc(OC5CCNCC5)c(Cl)c4)CC3)o2)c1C. The van der Waals surface area contributed by atoms with Crippen molar-refractivity contribution in [1.82, 2.24) is 15.1 Å². The number of rotatable bonds is 6. The Labute approximate surface area is 218 Å². The summed E-state index contributed by atoms with van der Waals surface area (Å²) in [6.45, 7) is 9.89. The number of carbonyl (C=O) groups is 1. The van der Waals surface area contributed by atoms with E-state index in [1.807, 2.05) is 35.2 Å². The molecule has 2 fully saturated rings. The molecule has 2 aliphatic rings. The Morgan fingerprint density at radius 3 is 2.58 bits per heavy atom. The highest BCUT2D eigenvalue weighted by atomic mass is 35.5. The molecular formula is C29H34ClN3O3. The zero-order valence-corrected chi connectivity index (χ0v) is 21.8. The van der Waals surface area contributed by atoms with Gasteiger partial charge in [0.2, 0.25) is 0 Å². The summed E-state index contributed by atoms with van der Waals surface area (Å²) >= 11 is 6.54. The summed E-state index contributed by atoms with van der Waals surface area (Å²) in [4.78, 5) is 17.3. The number of hydrogen-bond acceptors (Lipinski definition) is 5. The van der Waals surface area contributed by atoms with E-state index < -0.39 is 0 Å². The van der Waals surface area contributed by atoms with Gasteiger partial charge in [0.1, 0.15) is 17.6 Å². The number of amides is 1. The third kappa shape index (κ3) is 5.61. The van der Waals surface area contributed by atoms with Gasteiger partial charge in [0.25, 0.3) is 5.91 Å². The van der Waals surface area contributed by atoms with Crippen molar-refractivity contribution in [2.45, 2.75) is 39.3 Å². The van der Waals surface area contributed by atoms with Gasteiger partial charge in [0.15, 0.2) is 5.76 Å². The average molecular weight is 508 g/mol. The summed E-state index contributed by atoms with van der Waals surface area (Å²) in [5.74, 6) is 1.85. The summed E-state index contributed by atoms with van der Waals surface area (Å²) in [6, 6.07) is 15.9. The van der Waals surface area contributed by atoms with E-state index >= 15 is 0 Å². The van der Waals surface area contributed by atoms with Gasteiger partial charge in [-0.1, -0.05) is 35.9 Å². The maximum Gasteiger partial charge on any atom is 0.289 e. The first-order valence-corrected chi connectivity index (χ1v) is 13.2. The topological polar surface area (TPSA) is 58.0 Å². The Bertz CT molecular complexity index is 1210. The van der Waals surface area contributed by atoms with Crippen molar-refractivity contribution in [1.29, 1.82) is 0 Å². The molecule has 3 heterocycles. The Hall–Kier alpha value is -2.80. The Balaban J connectivity index is 1.15. The largest absolute Gasteiger partial charge is 0.489 e. The molecule has 0 unspecified atom stereocenters. The van der Waals surface area contributed by atoms with Crippen LogP contribution >= 0.6 is 11.6 Å². The van der Waals surface area contributed by atoms with Gasteiger partial charge in [0, 0.05) is 38.3 Å². The number of piperazine rings is 1. The van der Waals surface area contributed by atoms with E-state index in [1.165, 1.54) is 11.1 Å². The number of ether oxygens (including phenoxy) is 1. The molecule has 36 heavy (non-hydrogen) atoms. The lowest BCUT2D eigenvalue weighted by Gasteiger charge is -2.34. The monoisotopic (exact) mass is 507 g/mol. The highest BCUT2D eigenvalue weighted by Gasteiger charge is 2.25. The summed E-state index contributed by atoms with van der Waals surface area (Å²) in [7, 11) is 0. The Kier molecular flexibility index (Phi) is 7.65. The van der Waals surface area contributed by atoms with Crippen LogP contribution < -0.4 is 10.1 Å². The molecule has 1 aromatic heterocycles. The molecule has 0 spiro atoms. The second-order valence-corrected chi connectivity index (χ2v) is 10.2. The molecule has 0 saturated carbocycles. The lowest BCUT2D eigenvalue weighted by atomic mass is 10.0. The molecule has 2 saturated heterocycles. The van der Waals surface area contributed by atoms with E-state index in [4.69, 9.17) is 20.8 Å². The molecule has 0 aliphatic carbocycles. The molecule has 3 aromatic rings. The van der Waals surface area contributed by atoms with E-state index in [0.717, 1.165) is 68.2 Å². The first-order chi connectivity index (χ1) is 17.5. The molecule has 2 aromatic carbocycles. The number of carbonyl (C=O) groups excluding carboxylic acids is 1. The van der Waals surface area contributed by atoms with Gasteiger partial charge < -0.3 is 19.4 Å². The Morgan fingerprint density at radius 1 is 1.06 bits per heavy atom. The second kappa shape index (κ2) is 11.1. The van der Waals surface area contributed by atoms with Crippen LogP contribution in [0.15, 0.2) is 52.9 Å². The fourth-order valence-electron chi connectivity index (χ4n) is 4.97. The molecule has 1 amide bonds. The lowest BCUT2D eigenvalue weighted by Crippen LogP contribution is -2.48. The fourth-order valence-corrected chi connectivity index (χ4v) is 5.22. The van der Waals surface area contributed by atoms with Crippen LogP contribution in [0.1, 0.15) is 40.1 Å². The van der Waals surface area contributed by atoms with Gasteiger partial charge in [-0.05, 0) is 80.7 Å². The zero-order valence-electron chi connectivity index (χ0n) is 21.1. The van der Waals surface area contributed by atoms with E-state index in [2.05, 4.69) is 36.2 Å². The second-order valence-electron chi connectivity index (χ2n) is 9.81. The van der Waals surface area contributed by atoms with Crippen molar-refractivity contribution in [3.8, 4) is 17.1 Å². The molecule has 0 atom stereocenters. The average Bonchev–Trinajstić information content (AvgIpc) is 3.38. The number of hydrogen-bond donors (Lipinski definition) is 1. The van der Waals surface area contributed by atoms with Crippen LogP contribution in [-0.2, 0) is 6.54 Å². The number of piperidine rings is 1.